The molecule has 1 atom stereocenters. The van der Waals surface area contributed by atoms with Gasteiger partial charge in [0.05, 0.1) is 17.7 Å². The Morgan fingerprint density at radius 1 is 0.949 bits per heavy atom. The van der Waals surface area contributed by atoms with Gasteiger partial charge in [0.25, 0.3) is 10.0 Å². The van der Waals surface area contributed by atoms with Crippen molar-refractivity contribution in [2.45, 2.75) is 44.6 Å². The van der Waals surface area contributed by atoms with E-state index < -0.39 is 28.5 Å². The minimum absolute atomic E-state index is 0.0543. The summed E-state index contributed by atoms with van der Waals surface area (Å²) in [7, 11) is -1.19. The van der Waals surface area contributed by atoms with E-state index in [1.807, 2.05) is 57.2 Å². The van der Waals surface area contributed by atoms with Crippen molar-refractivity contribution in [3.8, 4) is 5.75 Å². The van der Waals surface area contributed by atoms with Gasteiger partial charge in [-0.15, -0.1) is 0 Å². The Kier molecular flexibility index (Phi) is 10.1. The summed E-state index contributed by atoms with van der Waals surface area (Å²) in [6, 6.07) is 20.5. The zero-order valence-electron chi connectivity index (χ0n) is 23.2. The van der Waals surface area contributed by atoms with Gasteiger partial charge in [0.2, 0.25) is 11.8 Å². The van der Waals surface area contributed by atoms with Crippen molar-refractivity contribution in [1.29, 1.82) is 0 Å². The Hall–Kier alpha value is -3.85. The molecule has 0 heterocycles. The molecule has 0 saturated carbocycles. The van der Waals surface area contributed by atoms with Gasteiger partial charge in [0.15, 0.2) is 0 Å². The predicted molar refractivity (Wildman–Crippen MR) is 153 cm³/mol. The highest BCUT2D eigenvalue weighted by molar-refractivity contribution is 7.92. The number of anilines is 1. The lowest BCUT2D eigenvalue weighted by Crippen LogP contribution is -2.52. The average Bonchev–Trinajstić information content (AvgIpc) is 2.94. The minimum Gasteiger partial charge on any atom is -0.495 e. The number of aryl methyl sites for hydroxylation is 2. The topological polar surface area (TPSA) is 96.0 Å². The van der Waals surface area contributed by atoms with Crippen LogP contribution in [0, 0.1) is 13.8 Å². The van der Waals surface area contributed by atoms with Gasteiger partial charge in [-0.3, -0.25) is 13.9 Å². The van der Waals surface area contributed by atoms with Gasteiger partial charge in [0, 0.05) is 13.6 Å². The summed E-state index contributed by atoms with van der Waals surface area (Å²) in [4.78, 5) is 28.3. The number of benzene rings is 3. The fourth-order valence-corrected chi connectivity index (χ4v) is 5.82. The van der Waals surface area contributed by atoms with E-state index in [4.69, 9.17) is 4.74 Å². The highest BCUT2D eigenvalue weighted by atomic mass is 32.2. The van der Waals surface area contributed by atoms with Crippen LogP contribution < -0.4 is 14.4 Å². The zero-order chi connectivity index (χ0) is 28.6. The number of nitrogens with one attached hydrogen (secondary N) is 1. The van der Waals surface area contributed by atoms with Gasteiger partial charge in [-0.1, -0.05) is 61.0 Å². The van der Waals surface area contributed by atoms with Gasteiger partial charge in [-0.2, -0.15) is 0 Å². The second-order valence-corrected chi connectivity index (χ2v) is 11.2. The van der Waals surface area contributed by atoms with Crippen LogP contribution in [0.15, 0.2) is 77.7 Å². The Balaban J connectivity index is 2.07. The first kappa shape index (κ1) is 29.7. The van der Waals surface area contributed by atoms with E-state index in [0.717, 1.165) is 21.0 Å². The van der Waals surface area contributed by atoms with Gasteiger partial charge >= 0.3 is 0 Å². The second kappa shape index (κ2) is 13.3. The Labute approximate surface area is 231 Å². The highest BCUT2D eigenvalue weighted by Crippen LogP contribution is 2.33. The molecule has 0 unspecified atom stereocenters. The maximum Gasteiger partial charge on any atom is 0.264 e. The Morgan fingerprint density at radius 3 is 2.18 bits per heavy atom. The molecule has 208 valence electrons. The maximum atomic E-state index is 14.0. The van der Waals surface area contributed by atoms with Crippen LogP contribution in [0.3, 0.4) is 0 Å². The molecule has 0 radical (unpaired) electrons. The van der Waals surface area contributed by atoms with Crippen LogP contribution in [0.5, 0.6) is 5.75 Å². The van der Waals surface area contributed by atoms with Crippen LogP contribution in [-0.4, -0.2) is 58.4 Å². The van der Waals surface area contributed by atoms with Gasteiger partial charge in [-0.05, 0) is 62.1 Å². The third-order valence-corrected chi connectivity index (χ3v) is 8.38. The molecule has 1 N–H and O–H groups in total. The van der Waals surface area contributed by atoms with E-state index >= 15 is 0 Å². The Bertz CT molecular complexity index is 1380. The molecule has 0 bridgehead atoms. The number of ether oxygens (including phenoxy) is 1. The molecule has 0 saturated heterocycles. The maximum absolute atomic E-state index is 14.0. The molecule has 39 heavy (non-hydrogen) atoms. The second-order valence-electron chi connectivity index (χ2n) is 9.36. The van der Waals surface area contributed by atoms with E-state index in [1.54, 1.807) is 24.3 Å². The number of carbonyl (C=O) groups is 2. The summed E-state index contributed by atoms with van der Waals surface area (Å²) in [6.45, 7) is 5.28. The molecule has 9 heteroatoms. The van der Waals surface area contributed by atoms with Crippen LogP contribution in [0.4, 0.5) is 5.69 Å². The Morgan fingerprint density at radius 2 is 1.59 bits per heavy atom. The van der Waals surface area contributed by atoms with Crippen LogP contribution >= 0.6 is 0 Å². The first-order valence-electron chi connectivity index (χ1n) is 12.9. The summed E-state index contributed by atoms with van der Waals surface area (Å²) in [5, 5.41) is 2.64. The van der Waals surface area contributed by atoms with Crippen molar-refractivity contribution in [3.63, 3.8) is 0 Å². The van der Waals surface area contributed by atoms with Crippen molar-refractivity contribution in [2.75, 3.05) is 31.6 Å². The molecule has 2 amide bonds. The van der Waals surface area contributed by atoms with Gasteiger partial charge in [0.1, 0.15) is 18.3 Å². The lowest BCUT2D eigenvalue weighted by Gasteiger charge is -2.33. The van der Waals surface area contributed by atoms with Gasteiger partial charge in [-0.25, -0.2) is 8.42 Å². The fraction of sp³-hybridized carbons (Fsp3) is 0.333. The lowest BCUT2D eigenvalue weighted by atomic mass is 10.1. The summed E-state index contributed by atoms with van der Waals surface area (Å²) < 4.78 is 34.6. The number of methoxy groups -OCH3 is 1. The molecular formula is C30H37N3O5S. The molecule has 0 spiro atoms. The number of amides is 2. The third kappa shape index (κ3) is 7.17. The van der Waals surface area contributed by atoms with E-state index in [0.29, 0.717) is 18.6 Å². The van der Waals surface area contributed by atoms with Crippen LogP contribution in [0.25, 0.3) is 0 Å². The SMILES string of the molecule is CC[C@@H](C(=O)NC)N(CCc1ccccc1)C(=O)CN(c1cc(C)ccc1OC)S(=O)(=O)c1ccc(C)cc1. The van der Waals surface area contributed by atoms with Crippen molar-refractivity contribution < 1.29 is 22.7 Å². The number of hydrogen-bond acceptors (Lipinski definition) is 5. The summed E-state index contributed by atoms with van der Waals surface area (Å²) >= 11 is 0. The zero-order valence-corrected chi connectivity index (χ0v) is 24.0. The van der Waals surface area contributed by atoms with E-state index in [2.05, 4.69) is 5.32 Å². The molecule has 0 aliphatic carbocycles. The monoisotopic (exact) mass is 551 g/mol. The number of nitrogens with zero attached hydrogens (tertiary/aromatic N) is 2. The normalized spacial score (nSPS) is 11.9. The molecule has 3 rings (SSSR count). The number of rotatable bonds is 12. The van der Waals surface area contributed by atoms with Crippen LogP contribution in [0.1, 0.15) is 30.0 Å². The number of likely N-dealkylation sites (N-methyl/N-ethyl adjacent to an activating group) is 1. The largest absolute Gasteiger partial charge is 0.495 e. The van der Waals surface area contributed by atoms with Crippen LogP contribution in [-0.2, 0) is 26.0 Å². The molecule has 0 aromatic heterocycles. The highest BCUT2D eigenvalue weighted by Gasteiger charge is 2.34. The molecule has 3 aromatic rings. The van der Waals surface area contributed by atoms with Gasteiger partial charge < -0.3 is 15.0 Å². The van der Waals surface area contributed by atoms with Crippen molar-refractivity contribution >= 4 is 27.5 Å². The minimum atomic E-state index is -4.17. The summed E-state index contributed by atoms with van der Waals surface area (Å²) in [6.07, 6.45) is 0.886. The number of hydrogen-bond donors (Lipinski definition) is 1. The van der Waals surface area contributed by atoms with Crippen LogP contribution in [0.2, 0.25) is 0 Å². The smallest absolute Gasteiger partial charge is 0.264 e. The first-order valence-corrected chi connectivity index (χ1v) is 14.3. The fourth-order valence-electron chi connectivity index (χ4n) is 4.41. The van der Waals surface area contributed by atoms with Crippen molar-refractivity contribution in [2.24, 2.45) is 0 Å². The molecular weight excluding hydrogens is 514 g/mol. The van der Waals surface area contributed by atoms with E-state index in [1.165, 1.54) is 31.2 Å². The average molecular weight is 552 g/mol. The number of sulfonamides is 1. The van der Waals surface area contributed by atoms with Crippen molar-refractivity contribution in [3.05, 3.63) is 89.5 Å². The lowest BCUT2D eigenvalue weighted by molar-refractivity contribution is -0.139. The summed E-state index contributed by atoms with van der Waals surface area (Å²) in [5.41, 5.74) is 2.97. The van der Waals surface area contributed by atoms with E-state index in [9.17, 15) is 18.0 Å². The molecule has 0 fully saturated rings. The number of carbonyl (C=O) groups excluding carboxylic acids is 2. The van der Waals surface area contributed by atoms with Crippen molar-refractivity contribution in [1.82, 2.24) is 10.2 Å². The summed E-state index contributed by atoms with van der Waals surface area (Å²) in [5.74, 6) is -0.473. The predicted octanol–water partition coefficient (Wildman–Crippen LogP) is 4.10. The third-order valence-electron chi connectivity index (χ3n) is 6.61. The van der Waals surface area contributed by atoms with E-state index in [-0.39, 0.29) is 23.0 Å². The molecule has 0 aliphatic heterocycles. The first-order chi connectivity index (χ1) is 18.6. The molecule has 0 aliphatic rings. The standard InChI is InChI=1S/C30H37N3O5S/c1-6-26(30(35)31-4)32(19-18-24-10-8-7-9-11-24)29(34)21-33(27-20-23(3)14-17-28(27)38-5)39(36,37)25-15-12-22(2)13-16-25/h7-17,20,26H,6,18-19,21H2,1-5H3,(H,31,35)/t26-/m0/s1. The molecule has 3 aromatic carbocycles. The quantitative estimate of drug-likeness (QED) is 0.366. The molecule has 8 nitrogen and oxygen atoms in total.